The summed E-state index contributed by atoms with van der Waals surface area (Å²) in [6.45, 7) is 5.42. The number of thioether (sulfide) groups is 1. The molecule has 0 aliphatic heterocycles. The molecule has 1 aromatic carbocycles. The second-order valence-corrected chi connectivity index (χ2v) is 5.04. The average Bonchev–Trinajstić information content (AvgIpc) is 2.26. The maximum absolute atomic E-state index is 11.4. The number of hydrogen-bond donors (Lipinski definition) is 0. The minimum Gasteiger partial charge on any atom is -0.303 e. The summed E-state index contributed by atoms with van der Waals surface area (Å²) in [6.07, 6.45) is 0.939. The van der Waals surface area contributed by atoms with Crippen molar-refractivity contribution in [3.63, 3.8) is 0 Å². The number of ketones is 1. The number of carbonyl (C=O) groups is 2. The fourth-order valence-corrected chi connectivity index (χ4v) is 2.35. The fourth-order valence-electron chi connectivity index (χ4n) is 1.31. The molecule has 0 bridgehead atoms. The maximum Gasteiger partial charge on any atom is 0.160 e. The van der Waals surface area contributed by atoms with Gasteiger partial charge in [-0.25, -0.2) is 0 Å². The summed E-state index contributed by atoms with van der Waals surface area (Å²) >= 11 is 1.56. The molecule has 1 aromatic rings. The zero-order chi connectivity index (χ0) is 12.1. The molecule has 0 amide bonds. The number of hydrogen-bond acceptors (Lipinski definition) is 3. The van der Waals surface area contributed by atoms with Crippen molar-refractivity contribution >= 4 is 23.8 Å². The Morgan fingerprint density at radius 3 is 2.75 bits per heavy atom. The molecule has 0 saturated carbocycles. The van der Waals surface area contributed by atoms with Gasteiger partial charge in [0.15, 0.2) is 5.78 Å². The first-order chi connectivity index (χ1) is 7.54. The lowest BCUT2D eigenvalue weighted by Gasteiger charge is -2.08. The summed E-state index contributed by atoms with van der Waals surface area (Å²) in [7, 11) is 0. The molecule has 0 radical (unpaired) electrons. The Hall–Kier alpha value is -1.09. The largest absolute Gasteiger partial charge is 0.303 e. The van der Waals surface area contributed by atoms with E-state index in [1.807, 2.05) is 32.0 Å². The van der Waals surface area contributed by atoms with E-state index in [1.165, 1.54) is 0 Å². The molecule has 0 aromatic heterocycles. The molecule has 1 atom stereocenters. The van der Waals surface area contributed by atoms with E-state index in [0.717, 1.165) is 22.3 Å². The molecular formula is C13H16O2S. The molecule has 0 spiro atoms. The number of carbonyl (C=O) groups excluding carboxylic acids is 2. The molecule has 0 fully saturated rings. The molecule has 0 aliphatic carbocycles. The van der Waals surface area contributed by atoms with Gasteiger partial charge in [0.1, 0.15) is 6.29 Å². The van der Waals surface area contributed by atoms with Crippen molar-refractivity contribution < 1.29 is 9.59 Å². The van der Waals surface area contributed by atoms with E-state index < -0.39 is 0 Å². The Morgan fingerprint density at radius 1 is 1.50 bits per heavy atom. The van der Waals surface area contributed by atoms with Crippen molar-refractivity contribution in [2.24, 2.45) is 5.92 Å². The van der Waals surface area contributed by atoms with E-state index in [1.54, 1.807) is 18.7 Å². The van der Waals surface area contributed by atoms with Crippen LogP contribution in [0.1, 0.15) is 29.8 Å². The molecule has 1 unspecified atom stereocenters. The van der Waals surface area contributed by atoms with Crippen molar-refractivity contribution in [3.8, 4) is 0 Å². The number of aryl methyl sites for hydroxylation is 1. The highest BCUT2D eigenvalue weighted by atomic mass is 32.2. The normalized spacial score (nSPS) is 12.2. The van der Waals surface area contributed by atoms with Crippen LogP contribution in [0.15, 0.2) is 23.1 Å². The van der Waals surface area contributed by atoms with Crippen LogP contribution in [0.5, 0.6) is 0 Å². The number of Topliss-reactive ketones (excluding diaryl/α,β-unsaturated/α-hetero) is 1. The van der Waals surface area contributed by atoms with Gasteiger partial charge in [0.25, 0.3) is 0 Å². The third-order valence-electron chi connectivity index (χ3n) is 2.25. The van der Waals surface area contributed by atoms with Gasteiger partial charge in [0, 0.05) is 22.1 Å². The molecule has 0 aliphatic rings. The maximum atomic E-state index is 11.4. The highest BCUT2D eigenvalue weighted by Gasteiger charge is 2.09. The SMILES string of the molecule is CC(=O)c1cc(C)ccc1SCC(C)C=O. The lowest BCUT2D eigenvalue weighted by atomic mass is 10.1. The van der Waals surface area contributed by atoms with Gasteiger partial charge in [0.2, 0.25) is 0 Å². The quantitative estimate of drug-likeness (QED) is 0.447. The first-order valence-electron chi connectivity index (χ1n) is 5.24. The predicted octanol–water partition coefficient (Wildman–Crippen LogP) is 3.12. The van der Waals surface area contributed by atoms with E-state index in [4.69, 9.17) is 0 Å². The molecule has 0 N–H and O–H groups in total. The molecule has 0 heterocycles. The molecule has 2 nitrogen and oxygen atoms in total. The highest BCUT2D eigenvalue weighted by molar-refractivity contribution is 7.99. The van der Waals surface area contributed by atoms with Gasteiger partial charge in [-0.15, -0.1) is 11.8 Å². The van der Waals surface area contributed by atoms with E-state index >= 15 is 0 Å². The second-order valence-electron chi connectivity index (χ2n) is 3.98. The second kappa shape index (κ2) is 5.85. The molecule has 1 rings (SSSR count). The molecule has 3 heteroatoms. The molecule has 0 saturated heterocycles. The lowest BCUT2D eigenvalue weighted by Crippen LogP contribution is -2.01. The van der Waals surface area contributed by atoms with Crippen molar-refractivity contribution in [1.29, 1.82) is 0 Å². The van der Waals surface area contributed by atoms with E-state index in [-0.39, 0.29) is 11.7 Å². The number of benzene rings is 1. The third-order valence-corrected chi connectivity index (χ3v) is 3.61. The van der Waals surface area contributed by atoms with Crippen molar-refractivity contribution in [1.82, 2.24) is 0 Å². The van der Waals surface area contributed by atoms with Crippen molar-refractivity contribution in [2.75, 3.05) is 5.75 Å². The Kier molecular flexibility index (Phi) is 4.74. The van der Waals surface area contributed by atoms with Gasteiger partial charge in [-0.1, -0.05) is 18.6 Å². The van der Waals surface area contributed by atoms with E-state index in [2.05, 4.69) is 0 Å². The van der Waals surface area contributed by atoms with E-state index in [0.29, 0.717) is 5.75 Å². The number of rotatable bonds is 5. The van der Waals surface area contributed by atoms with Crippen LogP contribution < -0.4 is 0 Å². The summed E-state index contributed by atoms with van der Waals surface area (Å²) in [4.78, 5) is 22.9. The topological polar surface area (TPSA) is 34.1 Å². The van der Waals surface area contributed by atoms with Gasteiger partial charge in [0.05, 0.1) is 0 Å². The third kappa shape index (κ3) is 3.49. The van der Waals surface area contributed by atoms with Crippen LogP contribution in [0.2, 0.25) is 0 Å². The standard InChI is InChI=1S/C13H16O2S/c1-9-4-5-13(12(6-9)11(3)15)16-8-10(2)7-14/h4-7,10H,8H2,1-3H3. The van der Waals surface area contributed by atoms with Gasteiger partial charge in [-0.05, 0) is 26.0 Å². The fraction of sp³-hybridized carbons (Fsp3) is 0.385. The average molecular weight is 236 g/mol. The van der Waals surface area contributed by atoms with Crippen molar-refractivity contribution in [3.05, 3.63) is 29.3 Å². The van der Waals surface area contributed by atoms with Gasteiger partial charge >= 0.3 is 0 Å². The van der Waals surface area contributed by atoms with Crippen LogP contribution in [-0.2, 0) is 4.79 Å². The smallest absolute Gasteiger partial charge is 0.160 e. The lowest BCUT2D eigenvalue weighted by molar-refractivity contribution is -0.110. The Morgan fingerprint density at radius 2 is 2.19 bits per heavy atom. The monoisotopic (exact) mass is 236 g/mol. The number of aldehydes is 1. The first kappa shape index (κ1) is 13.0. The van der Waals surface area contributed by atoms with Crippen LogP contribution in [0.25, 0.3) is 0 Å². The zero-order valence-electron chi connectivity index (χ0n) is 9.82. The van der Waals surface area contributed by atoms with Crippen LogP contribution >= 0.6 is 11.8 Å². The highest BCUT2D eigenvalue weighted by Crippen LogP contribution is 2.25. The van der Waals surface area contributed by atoms with Gasteiger partial charge in [-0.2, -0.15) is 0 Å². The van der Waals surface area contributed by atoms with Crippen LogP contribution in [0.3, 0.4) is 0 Å². The minimum atomic E-state index is 0.0195. The van der Waals surface area contributed by atoms with Gasteiger partial charge < -0.3 is 4.79 Å². The Labute approximate surface area is 100 Å². The van der Waals surface area contributed by atoms with Crippen LogP contribution in [0.4, 0.5) is 0 Å². The summed E-state index contributed by atoms with van der Waals surface area (Å²) in [5.74, 6) is 0.809. The van der Waals surface area contributed by atoms with Crippen LogP contribution in [0, 0.1) is 12.8 Å². The predicted molar refractivity (Wildman–Crippen MR) is 67.1 cm³/mol. The van der Waals surface area contributed by atoms with Gasteiger partial charge in [-0.3, -0.25) is 4.79 Å². The summed E-state index contributed by atoms with van der Waals surface area (Å²) in [6, 6.07) is 5.84. The summed E-state index contributed by atoms with van der Waals surface area (Å²) < 4.78 is 0. The zero-order valence-corrected chi connectivity index (χ0v) is 10.6. The van der Waals surface area contributed by atoms with Crippen molar-refractivity contribution in [2.45, 2.75) is 25.7 Å². The van der Waals surface area contributed by atoms with E-state index in [9.17, 15) is 9.59 Å². The van der Waals surface area contributed by atoms with Crippen LogP contribution in [-0.4, -0.2) is 17.8 Å². The molecule has 16 heavy (non-hydrogen) atoms. The Bertz CT molecular complexity index is 399. The molecule has 86 valence electrons. The first-order valence-corrected chi connectivity index (χ1v) is 6.23. The summed E-state index contributed by atoms with van der Waals surface area (Å²) in [5, 5.41) is 0. The minimum absolute atomic E-state index is 0.0195. The summed E-state index contributed by atoms with van der Waals surface area (Å²) in [5.41, 5.74) is 1.83. The molecular weight excluding hydrogens is 220 g/mol. The Balaban J connectivity index is 2.86.